The number of thioether (sulfide) groups is 1. The van der Waals surface area contributed by atoms with Gasteiger partial charge < -0.3 is 0 Å². The smallest absolute Gasteiger partial charge is 0.0205 e. The Balaban J connectivity index is 4.73. The van der Waals surface area contributed by atoms with Crippen LogP contribution < -0.4 is 0 Å². The monoisotopic (exact) mass is 202 g/mol. The fourth-order valence-corrected chi connectivity index (χ4v) is 3.64. The van der Waals surface area contributed by atoms with E-state index in [1.54, 1.807) is 0 Å². The van der Waals surface area contributed by atoms with Gasteiger partial charge in [0.05, 0.1) is 0 Å². The molecule has 0 fully saturated rings. The summed E-state index contributed by atoms with van der Waals surface area (Å²) in [6.07, 6.45) is 7.50. The zero-order chi connectivity index (χ0) is 10.5. The summed E-state index contributed by atoms with van der Waals surface area (Å²) in [6.45, 7) is 11.8. The van der Waals surface area contributed by atoms with Gasteiger partial charge in [-0.1, -0.05) is 41.0 Å². The molecule has 0 amide bonds. The van der Waals surface area contributed by atoms with Gasteiger partial charge in [0.1, 0.15) is 0 Å². The topological polar surface area (TPSA) is 0 Å². The molecule has 80 valence electrons. The van der Waals surface area contributed by atoms with Crippen molar-refractivity contribution in [1.82, 2.24) is 0 Å². The Morgan fingerprint density at radius 3 is 1.77 bits per heavy atom. The van der Waals surface area contributed by atoms with E-state index in [0.717, 1.165) is 0 Å². The van der Waals surface area contributed by atoms with Crippen LogP contribution in [0.25, 0.3) is 0 Å². The average Bonchev–Trinajstić information content (AvgIpc) is 2.14. The minimum atomic E-state index is 0.469. The molecule has 1 atom stereocenters. The van der Waals surface area contributed by atoms with E-state index in [2.05, 4.69) is 52.6 Å². The SMILES string of the molecule is CCCC(CC)(SC)C(C)(C)CC. The first-order valence-corrected chi connectivity index (χ1v) is 6.77. The minimum Gasteiger partial charge on any atom is -0.158 e. The lowest BCUT2D eigenvalue weighted by Crippen LogP contribution is -2.40. The predicted octanol–water partition coefficient (Wildman–Crippen LogP) is 4.73. The molecule has 0 nitrogen and oxygen atoms in total. The molecule has 13 heavy (non-hydrogen) atoms. The normalized spacial score (nSPS) is 17.1. The molecule has 0 heterocycles. The van der Waals surface area contributed by atoms with Crippen LogP contribution in [0.1, 0.15) is 60.3 Å². The Labute approximate surface area is 88.9 Å². The average molecular weight is 202 g/mol. The molecule has 0 aliphatic heterocycles. The van der Waals surface area contributed by atoms with Crippen molar-refractivity contribution in [3.63, 3.8) is 0 Å². The third kappa shape index (κ3) is 2.65. The molecule has 0 N–H and O–H groups in total. The highest BCUT2D eigenvalue weighted by Gasteiger charge is 2.40. The van der Waals surface area contributed by atoms with E-state index >= 15 is 0 Å². The Morgan fingerprint density at radius 2 is 1.54 bits per heavy atom. The van der Waals surface area contributed by atoms with Gasteiger partial charge >= 0.3 is 0 Å². The van der Waals surface area contributed by atoms with Gasteiger partial charge in [-0.2, -0.15) is 11.8 Å². The van der Waals surface area contributed by atoms with Crippen LogP contribution in [0.2, 0.25) is 0 Å². The maximum atomic E-state index is 2.42. The molecular weight excluding hydrogens is 176 g/mol. The second-order valence-corrected chi connectivity index (χ2v) is 5.73. The van der Waals surface area contributed by atoms with Crippen LogP contribution in [0.5, 0.6) is 0 Å². The second-order valence-electron chi connectivity index (χ2n) is 4.54. The standard InChI is InChI=1S/C12H26S/c1-7-10-12(9-3,13-6)11(4,5)8-2/h7-10H2,1-6H3. The summed E-state index contributed by atoms with van der Waals surface area (Å²) in [5.74, 6) is 0. The van der Waals surface area contributed by atoms with E-state index in [1.807, 2.05) is 0 Å². The fourth-order valence-electron chi connectivity index (χ4n) is 2.24. The molecule has 0 aliphatic rings. The van der Waals surface area contributed by atoms with E-state index < -0.39 is 0 Å². The zero-order valence-electron chi connectivity index (χ0n) is 10.2. The predicted molar refractivity (Wildman–Crippen MR) is 65.5 cm³/mol. The Bertz CT molecular complexity index is 134. The van der Waals surface area contributed by atoms with Gasteiger partial charge in [0.25, 0.3) is 0 Å². The first-order valence-electron chi connectivity index (χ1n) is 5.54. The Kier molecular flexibility index (Phi) is 5.43. The molecule has 0 aliphatic carbocycles. The summed E-state index contributed by atoms with van der Waals surface area (Å²) >= 11 is 2.07. The molecule has 0 spiro atoms. The Hall–Kier alpha value is 0.350. The van der Waals surface area contributed by atoms with E-state index in [1.165, 1.54) is 25.7 Å². The fraction of sp³-hybridized carbons (Fsp3) is 1.00. The van der Waals surface area contributed by atoms with Crippen LogP contribution >= 0.6 is 11.8 Å². The third-order valence-electron chi connectivity index (χ3n) is 3.73. The first kappa shape index (κ1) is 13.4. The number of rotatable bonds is 6. The van der Waals surface area contributed by atoms with Crippen LogP contribution in [0.15, 0.2) is 0 Å². The zero-order valence-corrected chi connectivity index (χ0v) is 11.1. The maximum Gasteiger partial charge on any atom is 0.0205 e. The first-order chi connectivity index (χ1) is 5.99. The highest BCUT2D eigenvalue weighted by atomic mass is 32.2. The highest BCUT2D eigenvalue weighted by molar-refractivity contribution is 8.00. The molecule has 0 saturated carbocycles. The van der Waals surface area contributed by atoms with Crippen LogP contribution in [-0.4, -0.2) is 11.0 Å². The van der Waals surface area contributed by atoms with Crippen molar-refractivity contribution in [3.8, 4) is 0 Å². The molecule has 0 radical (unpaired) electrons. The Morgan fingerprint density at radius 1 is 1.00 bits per heavy atom. The number of hydrogen-bond donors (Lipinski definition) is 0. The van der Waals surface area contributed by atoms with Gasteiger partial charge in [-0.25, -0.2) is 0 Å². The molecule has 0 aromatic rings. The van der Waals surface area contributed by atoms with Crippen molar-refractivity contribution in [2.45, 2.75) is 65.0 Å². The van der Waals surface area contributed by atoms with E-state index in [-0.39, 0.29) is 0 Å². The van der Waals surface area contributed by atoms with Crippen molar-refractivity contribution in [2.24, 2.45) is 5.41 Å². The molecular formula is C12H26S. The van der Waals surface area contributed by atoms with E-state index in [4.69, 9.17) is 0 Å². The molecule has 0 aromatic carbocycles. The molecule has 1 unspecified atom stereocenters. The summed E-state index contributed by atoms with van der Waals surface area (Å²) in [7, 11) is 0. The molecule has 0 bridgehead atoms. The molecule has 0 rings (SSSR count). The van der Waals surface area contributed by atoms with Crippen molar-refractivity contribution in [3.05, 3.63) is 0 Å². The lowest BCUT2D eigenvalue weighted by Gasteiger charge is -2.45. The van der Waals surface area contributed by atoms with Gasteiger partial charge in [0.2, 0.25) is 0 Å². The van der Waals surface area contributed by atoms with Gasteiger partial charge in [-0.05, 0) is 30.9 Å². The largest absolute Gasteiger partial charge is 0.158 e. The van der Waals surface area contributed by atoms with Gasteiger partial charge in [0.15, 0.2) is 0 Å². The van der Waals surface area contributed by atoms with Gasteiger partial charge in [-0.15, -0.1) is 0 Å². The third-order valence-corrected chi connectivity index (χ3v) is 5.56. The van der Waals surface area contributed by atoms with Crippen LogP contribution in [0.4, 0.5) is 0 Å². The summed E-state index contributed by atoms with van der Waals surface area (Å²) in [4.78, 5) is 0. The molecule has 0 saturated heterocycles. The second kappa shape index (κ2) is 5.29. The summed E-state index contributed by atoms with van der Waals surface area (Å²) in [5, 5.41) is 0. The van der Waals surface area contributed by atoms with E-state index in [9.17, 15) is 0 Å². The van der Waals surface area contributed by atoms with Gasteiger partial charge in [0, 0.05) is 4.75 Å². The van der Waals surface area contributed by atoms with Crippen molar-refractivity contribution in [2.75, 3.05) is 6.26 Å². The minimum absolute atomic E-state index is 0.469. The summed E-state index contributed by atoms with van der Waals surface area (Å²) in [5.41, 5.74) is 0.469. The quantitative estimate of drug-likeness (QED) is 0.600. The number of hydrogen-bond acceptors (Lipinski definition) is 1. The van der Waals surface area contributed by atoms with Crippen molar-refractivity contribution >= 4 is 11.8 Å². The molecule has 0 aromatic heterocycles. The van der Waals surface area contributed by atoms with Crippen molar-refractivity contribution < 1.29 is 0 Å². The summed E-state index contributed by atoms with van der Waals surface area (Å²) in [6, 6.07) is 0. The summed E-state index contributed by atoms with van der Waals surface area (Å²) < 4.78 is 0.497. The van der Waals surface area contributed by atoms with Crippen LogP contribution in [-0.2, 0) is 0 Å². The van der Waals surface area contributed by atoms with Crippen LogP contribution in [0, 0.1) is 5.41 Å². The maximum absolute atomic E-state index is 2.42. The van der Waals surface area contributed by atoms with Crippen molar-refractivity contribution in [1.29, 1.82) is 0 Å². The highest BCUT2D eigenvalue weighted by Crippen LogP contribution is 2.48. The lowest BCUT2D eigenvalue weighted by atomic mass is 9.72. The van der Waals surface area contributed by atoms with Gasteiger partial charge in [-0.3, -0.25) is 0 Å². The van der Waals surface area contributed by atoms with E-state index in [0.29, 0.717) is 10.2 Å². The van der Waals surface area contributed by atoms with Crippen LogP contribution in [0.3, 0.4) is 0 Å². The lowest BCUT2D eigenvalue weighted by molar-refractivity contribution is 0.220. The molecule has 1 heteroatoms.